The quantitative estimate of drug-likeness (QED) is 0.722. The molecule has 0 aliphatic heterocycles. The van der Waals surface area contributed by atoms with Crippen molar-refractivity contribution in [2.75, 3.05) is 7.11 Å². The van der Waals surface area contributed by atoms with Gasteiger partial charge in [-0.25, -0.2) is 0 Å². The Morgan fingerprint density at radius 2 is 2.06 bits per heavy atom. The van der Waals surface area contributed by atoms with E-state index in [-0.39, 0.29) is 11.9 Å². The molecule has 0 aromatic heterocycles. The van der Waals surface area contributed by atoms with E-state index in [0.717, 1.165) is 5.56 Å². The van der Waals surface area contributed by atoms with Gasteiger partial charge in [0, 0.05) is 19.1 Å². The Labute approximate surface area is 96.6 Å². The minimum absolute atomic E-state index is 0.163. The molecule has 2 nitrogen and oxygen atoms in total. The van der Waals surface area contributed by atoms with Gasteiger partial charge in [0.2, 0.25) is 0 Å². The fourth-order valence-corrected chi connectivity index (χ4v) is 1.27. The molecule has 0 saturated heterocycles. The van der Waals surface area contributed by atoms with Crippen LogP contribution in [0.4, 0.5) is 0 Å². The molecule has 0 bridgehead atoms. The maximum atomic E-state index is 10.8. The van der Waals surface area contributed by atoms with Gasteiger partial charge in [-0.15, -0.1) is 0 Å². The highest BCUT2D eigenvalue weighted by Gasteiger charge is 2.04. The van der Waals surface area contributed by atoms with E-state index < -0.39 is 0 Å². The highest BCUT2D eigenvalue weighted by Crippen LogP contribution is 2.02. The van der Waals surface area contributed by atoms with Gasteiger partial charge in [0.15, 0.2) is 0 Å². The van der Waals surface area contributed by atoms with Crippen LogP contribution in [0.15, 0.2) is 30.3 Å². The van der Waals surface area contributed by atoms with Crippen molar-refractivity contribution in [2.45, 2.75) is 25.9 Å². The molecular formula is C14H16O2. The van der Waals surface area contributed by atoms with E-state index >= 15 is 0 Å². The smallest absolute Gasteiger partial charge is 0.129 e. The number of hydrogen-bond acceptors (Lipinski definition) is 2. The summed E-state index contributed by atoms with van der Waals surface area (Å²) in [4.78, 5) is 10.8. The lowest BCUT2D eigenvalue weighted by Gasteiger charge is -2.06. The number of hydrogen-bond donors (Lipinski definition) is 0. The molecule has 1 atom stereocenters. The largest absolute Gasteiger partial charge is 0.369 e. The Morgan fingerprint density at radius 1 is 1.38 bits per heavy atom. The van der Waals surface area contributed by atoms with Crippen LogP contribution in [0.1, 0.15) is 25.3 Å². The molecule has 0 saturated carbocycles. The molecule has 0 radical (unpaired) electrons. The van der Waals surface area contributed by atoms with Gasteiger partial charge in [0.05, 0.1) is 0 Å². The van der Waals surface area contributed by atoms with Crippen LogP contribution >= 0.6 is 0 Å². The van der Waals surface area contributed by atoms with Gasteiger partial charge < -0.3 is 9.53 Å². The van der Waals surface area contributed by atoms with E-state index in [4.69, 9.17) is 4.74 Å². The molecule has 1 aromatic rings. The molecule has 1 rings (SSSR count). The second-order valence-electron chi connectivity index (χ2n) is 3.60. The Kier molecular flexibility index (Phi) is 5.31. The molecule has 0 N–H and O–H groups in total. The van der Waals surface area contributed by atoms with Gasteiger partial charge in [-0.1, -0.05) is 30.0 Å². The molecule has 1 unspecified atom stereocenters. The first-order valence-corrected chi connectivity index (χ1v) is 5.31. The fraction of sp³-hybridized carbons (Fsp3) is 0.357. The number of methoxy groups -OCH3 is 1. The first kappa shape index (κ1) is 12.5. The van der Waals surface area contributed by atoms with Crippen molar-refractivity contribution in [3.8, 4) is 11.8 Å². The Morgan fingerprint density at radius 3 is 2.62 bits per heavy atom. The predicted molar refractivity (Wildman–Crippen MR) is 64.0 cm³/mol. The number of benzene rings is 1. The molecular weight excluding hydrogens is 200 g/mol. The predicted octanol–water partition coefficient (Wildman–Crippen LogP) is 2.42. The van der Waals surface area contributed by atoms with E-state index in [9.17, 15) is 4.79 Å². The Balaban J connectivity index is 2.56. The summed E-state index contributed by atoms with van der Waals surface area (Å²) in [7, 11) is 1.62. The average molecular weight is 216 g/mol. The minimum Gasteiger partial charge on any atom is -0.369 e. The van der Waals surface area contributed by atoms with Crippen molar-refractivity contribution < 1.29 is 9.53 Å². The lowest BCUT2D eigenvalue weighted by Crippen LogP contribution is -2.09. The van der Waals surface area contributed by atoms with Crippen molar-refractivity contribution in [3.05, 3.63) is 35.9 Å². The molecule has 0 amide bonds. The molecule has 16 heavy (non-hydrogen) atoms. The summed E-state index contributed by atoms with van der Waals surface area (Å²) in [5.74, 6) is 6.22. The van der Waals surface area contributed by atoms with Gasteiger partial charge in [-0.2, -0.15) is 0 Å². The Bertz CT molecular complexity index is 384. The second-order valence-corrected chi connectivity index (χ2v) is 3.60. The van der Waals surface area contributed by atoms with Gasteiger partial charge >= 0.3 is 0 Å². The van der Waals surface area contributed by atoms with E-state index in [0.29, 0.717) is 12.8 Å². The monoisotopic (exact) mass is 216 g/mol. The van der Waals surface area contributed by atoms with Gasteiger partial charge in [0.25, 0.3) is 0 Å². The zero-order valence-corrected chi connectivity index (χ0v) is 9.69. The summed E-state index contributed by atoms with van der Waals surface area (Å²) in [6.07, 6.45) is 1.01. The maximum absolute atomic E-state index is 10.8. The van der Waals surface area contributed by atoms with Crippen LogP contribution < -0.4 is 0 Å². The normalized spacial score (nSPS) is 11.4. The SMILES string of the molecule is COC(C#Cc1ccccc1)CCC(C)=O. The highest BCUT2D eigenvalue weighted by atomic mass is 16.5. The van der Waals surface area contributed by atoms with Crippen LogP contribution in [0.5, 0.6) is 0 Å². The van der Waals surface area contributed by atoms with Crippen molar-refractivity contribution in [2.24, 2.45) is 0 Å². The molecule has 84 valence electrons. The third-order valence-corrected chi connectivity index (χ3v) is 2.19. The first-order chi connectivity index (χ1) is 7.72. The first-order valence-electron chi connectivity index (χ1n) is 5.31. The molecule has 1 aromatic carbocycles. The van der Waals surface area contributed by atoms with E-state index in [2.05, 4.69) is 11.8 Å². The summed E-state index contributed by atoms with van der Waals surface area (Å²) < 4.78 is 5.20. The van der Waals surface area contributed by atoms with Gasteiger partial charge in [0.1, 0.15) is 11.9 Å². The number of carbonyl (C=O) groups is 1. The number of ketones is 1. The summed E-state index contributed by atoms with van der Waals surface area (Å²) in [6.45, 7) is 1.58. The van der Waals surface area contributed by atoms with E-state index in [1.165, 1.54) is 0 Å². The standard InChI is InChI=1S/C14H16O2/c1-12(15)8-10-14(16-2)11-9-13-6-4-3-5-7-13/h3-7,14H,8,10H2,1-2H3. The van der Waals surface area contributed by atoms with Crippen LogP contribution in [-0.2, 0) is 9.53 Å². The number of rotatable bonds is 4. The lowest BCUT2D eigenvalue weighted by atomic mass is 10.1. The lowest BCUT2D eigenvalue weighted by molar-refractivity contribution is -0.117. The third-order valence-electron chi connectivity index (χ3n) is 2.19. The second kappa shape index (κ2) is 6.81. The number of Topliss-reactive ketones (excluding diaryl/α,β-unsaturated/α-hetero) is 1. The Hall–Kier alpha value is -1.59. The van der Waals surface area contributed by atoms with Crippen molar-refractivity contribution in [1.29, 1.82) is 0 Å². The number of carbonyl (C=O) groups excluding carboxylic acids is 1. The number of ether oxygens (including phenoxy) is 1. The highest BCUT2D eigenvalue weighted by molar-refractivity contribution is 5.75. The van der Waals surface area contributed by atoms with Crippen molar-refractivity contribution >= 4 is 5.78 Å². The molecule has 0 aliphatic carbocycles. The van der Waals surface area contributed by atoms with E-state index in [1.54, 1.807) is 14.0 Å². The summed E-state index contributed by atoms with van der Waals surface area (Å²) >= 11 is 0. The maximum Gasteiger partial charge on any atom is 0.129 e. The van der Waals surface area contributed by atoms with Gasteiger partial charge in [-0.3, -0.25) is 0 Å². The molecule has 2 heteroatoms. The molecule has 0 fully saturated rings. The minimum atomic E-state index is -0.163. The fourth-order valence-electron chi connectivity index (χ4n) is 1.27. The third kappa shape index (κ3) is 4.77. The molecule has 0 aliphatic rings. The zero-order valence-electron chi connectivity index (χ0n) is 9.69. The van der Waals surface area contributed by atoms with Crippen LogP contribution in [0.25, 0.3) is 0 Å². The average Bonchev–Trinajstić information content (AvgIpc) is 2.30. The van der Waals surface area contributed by atoms with Gasteiger partial charge in [-0.05, 0) is 25.5 Å². The summed E-state index contributed by atoms with van der Waals surface area (Å²) in [5, 5.41) is 0. The van der Waals surface area contributed by atoms with Crippen LogP contribution in [0.2, 0.25) is 0 Å². The molecule has 0 heterocycles. The van der Waals surface area contributed by atoms with Crippen LogP contribution in [0, 0.1) is 11.8 Å². The van der Waals surface area contributed by atoms with Crippen LogP contribution in [0.3, 0.4) is 0 Å². The van der Waals surface area contributed by atoms with Crippen molar-refractivity contribution in [1.82, 2.24) is 0 Å². The van der Waals surface area contributed by atoms with Crippen LogP contribution in [-0.4, -0.2) is 19.0 Å². The van der Waals surface area contributed by atoms with E-state index in [1.807, 2.05) is 30.3 Å². The zero-order chi connectivity index (χ0) is 11.8. The van der Waals surface area contributed by atoms with Crippen molar-refractivity contribution in [3.63, 3.8) is 0 Å². The summed E-state index contributed by atoms with van der Waals surface area (Å²) in [6, 6.07) is 9.74. The topological polar surface area (TPSA) is 26.3 Å². The summed E-state index contributed by atoms with van der Waals surface area (Å²) in [5.41, 5.74) is 0.965. The molecule has 0 spiro atoms.